The van der Waals surface area contributed by atoms with E-state index < -0.39 is 47.7 Å². The number of halogens is 6. The van der Waals surface area contributed by atoms with E-state index in [1.165, 1.54) is 6.07 Å². The van der Waals surface area contributed by atoms with Crippen LogP contribution in [0.5, 0.6) is 5.75 Å². The van der Waals surface area contributed by atoms with Crippen LogP contribution in [0.25, 0.3) is 0 Å². The number of hydrazine groups is 1. The first-order chi connectivity index (χ1) is 12.5. The van der Waals surface area contributed by atoms with E-state index in [0.717, 1.165) is 11.3 Å². The van der Waals surface area contributed by atoms with Gasteiger partial charge in [0.1, 0.15) is 5.75 Å². The number of benzene rings is 1. The lowest BCUT2D eigenvalue weighted by Gasteiger charge is -2.14. The van der Waals surface area contributed by atoms with Crippen molar-refractivity contribution in [3.8, 4) is 5.75 Å². The monoisotopic (exact) mass is 412 g/mol. The molecule has 0 aliphatic carbocycles. The molecule has 0 unspecified atom stereocenters. The molecule has 2 aromatic rings. The highest BCUT2D eigenvalue weighted by atomic mass is 32.1. The van der Waals surface area contributed by atoms with Crippen LogP contribution < -0.4 is 15.6 Å². The lowest BCUT2D eigenvalue weighted by molar-refractivity contribution is -0.143. The molecular formula is C15H10F6N2O3S. The van der Waals surface area contributed by atoms with Gasteiger partial charge in [-0.1, -0.05) is 6.07 Å². The maximum Gasteiger partial charge on any atom is 0.416 e. The van der Waals surface area contributed by atoms with Crippen molar-refractivity contribution in [2.24, 2.45) is 0 Å². The standard InChI is InChI=1S/C15H10F6N2O3S/c16-14(17,18)8-4-9(15(19,20)21)6-10(5-8)26-7-12(24)22-23-13(25)11-2-1-3-27-11/h1-6H,7H2,(H,22,24)(H,23,25). The number of ether oxygens (including phenoxy) is 1. The summed E-state index contributed by atoms with van der Waals surface area (Å²) in [5.74, 6) is -2.42. The van der Waals surface area contributed by atoms with Crippen molar-refractivity contribution in [1.82, 2.24) is 10.9 Å². The molecule has 27 heavy (non-hydrogen) atoms. The molecule has 0 saturated heterocycles. The van der Waals surface area contributed by atoms with Crippen LogP contribution in [0.4, 0.5) is 26.3 Å². The number of carbonyl (C=O) groups is 2. The van der Waals surface area contributed by atoms with Crippen molar-refractivity contribution in [3.63, 3.8) is 0 Å². The highest BCUT2D eigenvalue weighted by molar-refractivity contribution is 7.12. The molecule has 5 nitrogen and oxygen atoms in total. The molecule has 146 valence electrons. The molecule has 12 heteroatoms. The van der Waals surface area contributed by atoms with Gasteiger partial charge in [0.05, 0.1) is 16.0 Å². The fraction of sp³-hybridized carbons (Fsp3) is 0.200. The van der Waals surface area contributed by atoms with Gasteiger partial charge in [-0.3, -0.25) is 20.4 Å². The number of amides is 2. The molecule has 0 radical (unpaired) electrons. The van der Waals surface area contributed by atoms with Gasteiger partial charge in [-0.15, -0.1) is 11.3 Å². The Kier molecular flexibility index (Phi) is 5.98. The molecule has 0 aliphatic heterocycles. The summed E-state index contributed by atoms with van der Waals surface area (Å²) < 4.78 is 81.1. The summed E-state index contributed by atoms with van der Waals surface area (Å²) in [5.41, 5.74) is 0.812. The van der Waals surface area contributed by atoms with Gasteiger partial charge in [-0.2, -0.15) is 26.3 Å². The number of thiophene rings is 1. The predicted octanol–water partition coefficient (Wildman–Crippen LogP) is 3.63. The first-order valence-electron chi connectivity index (χ1n) is 7.02. The number of nitrogens with one attached hydrogen (secondary N) is 2. The largest absolute Gasteiger partial charge is 0.484 e. The Morgan fingerprint density at radius 2 is 1.56 bits per heavy atom. The van der Waals surface area contributed by atoms with Gasteiger partial charge in [0, 0.05) is 0 Å². The van der Waals surface area contributed by atoms with E-state index in [1.54, 1.807) is 11.4 Å². The molecular weight excluding hydrogens is 402 g/mol. The fourth-order valence-electron chi connectivity index (χ4n) is 1.79. The average Bonchev–Trinajstić information content (AvgIpc) is 3.10. The lowest BCUT2D eigenvalue weighted by Crippen LogP contribution is -2.43. The van der Waals surface area contributed by atoms with E-state index in [4.69, 9.17) is 4.74 Å². The van der Waals surface area contributed by atoms with E-state index in [9.17, 15) is 35.9 Å². The zero-order chi connectivity index (χ0) is 20.2. The summed E-state index contributed by atoms with van der Waals surface area (Å²) in [4.78, 5) is 23.4. The summed E-state index contributed by atoms with van der Waals surface area (Å²) >= 11 is 1.09. The Hall–Kier alpha value is -2.76. The van der Waals surface area contributed by atoms with E-state index in [1.807, 2.05) is 10.9 Å². The quantitative estimate of drug-likeness (QED) is 0.596. The second-order valence-electron chi connectivity index (χ2n) is 5.01. The Morgan fingerprint density at radius 3 is 2.04 bits per heavy atom. The van der Waals surface area contributed by atoms with Crippen LogP contribution in [0.1, 0.15) is 20.8 Å². The highest BCUT2D eigenvalue weighted by Gasteiger charge is 2.37. The maximum absolute atomic E-state index is 12.7. The summed E-state index contributed by atoms with van der Waals surface area (Å²) in [7, 11) is 0. The molecule has 1 aromatic heterocycles. The third-order valence-electron chi connectivity index (χ3n) is 2.99. The Bertz CT molecular complexity index is 786. The Balaban J connectivity index is 2.01. The molecule has 1 heterocycles. The van der Waals surface area contributed by atoms with Gasteiger partial charge >= 0.3 is 12.4 Å². The topological polar surface area (TPSA) is 67.4 Å². The van der Waals surface area contributed by atoms with Crippen molar-refractivity contribution in [1.29, 1.82) is 0 Å². The molecule has 0 saturated carbocycles. The number of alkyl halides is 6. The van der Waals surface area contributed by atoms with Crippen molar-refractivity contribution < 1.29 is 40.7 Å². The molecule has 0 bridgehead atoms. The van der Waals surface area contributed by atoms with Gasteiger partial charge in [0.25, 0.3) is 11.8 Å². The van der Waals surface area contributed by atoms with Gasteiger partial charge in [0.2, 0.25) is 0 Å². The number of carbonyl (C=O) groups excluding carboxylic acids is 2. The molecule has 0 fully saturated rings. The van der Waals surface area contributed by atoms with E-state index in [2.05, 4.69) is 0 Å². The van der Waals surface area contributed by atoms with E-state index >= 15 is 0 Å². The van der Waals surface area contributed by atoms with Crippen molar-refractivity contribution >= 4 is 23.2 Å². The molecule has 0 atom stereocenters. The fourth-order valence-corrected chi connectivity index (χ4v) is 2.41. The van der Waals surface area contributed by atoms with Crippen molar-refractivity contribution in [2.75, 3.05) is 6.61 Å². The van der Waals surface area contributed by atoms with Gasteiger partial charge in [0.15, 0.2) is 6.61 Å². The normalized spacial score (nSPS) is 11.8. The molecule has 1 aromatic carbocycles. The molecule has 0 aliphatic rings. The minimum absolute atomic E-state index is 0.0613. The van der Waals surface area contributed by atoms with Gasteiger partial charge in [-0.05, 0) is 29.6 Å². The minimum Gasteiger partial charge on any atom is -0.484 e. The Morgan fingerprint density at radius 1 is 0.963 bits per heavy atom. The first-order valence-corrected chi connectivity index (χ1v) is 7.90. The zero-order valence-corrected chi connectivity index (χ0v) is 13.9. The van der Waals surface area contributed by atoms with Crippen LogP contribution >= 0.6 is 11.3 Å². The summed E-state index contributed by atoms with van der Waals surface area (Å²) in [5, 5.41) is 1.62. The third-order valence-corrected chi connectivity index (χ3v) is 3.86. The first kappa shape index (κ1) is 20.6. The van der Waals surface area contributed by atoms with Crippen LogP contribution in [0.2, 0.25) is 0 Å². The van der Waals surface area contributed by atoms with Crippen LogP contribution in [0.3, 0.4) is 0 Å². The zero-order valence-electron chi connectivity index (χ0n) is 13.1. The second kappa shape index (κ2) is 7.86. The third kappa shape index (κ3) is 5.88. The summed E-state index contributed by atoms with van der Waals surface area (Å²) in [6.45, 7) is -0.913. The van der Waals surface area contributed by atoms with Crippen LogP contribution in [0.15, 0.2) is 35.7 Å². The Labute approximate surface area is 151 Å². The summed E-state index contributed by atoms with van der Waals surface area (Å²) in [6, 6.07) is 3.69. The minimum atomic E-state index is -5.03. The number of rotatable bonds is 4. The smallest absolute Gasteiger partial charge is 0.416 e. The van der Waals surface area contributed by atoms with Crippen LogP contribution in [-0.4, -0.2) is 18.4 Å². The highest BCUT2D eigenvalue weighted by Crippen LogP contribution is 2.38. The van der Waals surface area contributed by atoms with Crippen LogP contribution in [0, 0.1) is 0 Å². The average molecular weight is 412 g/mol. The lowest BCUT2D eigenvalue weighted by atomic mass is 10.1. The van der Waals surface area contributed by atoms with Crippen molar-refractivity contribution in [3.05, 3.63) is 51.7 Å². The molecule has 2 N–H and O–H groups in total. The molecule has 2 amide bonds. The predicted molar refractivity (Wildman–Crippen MR) is 81.9 cm³/mol. The summed E-state index contributed by atoms with van der Waals surface area (Å²) in [6.07, 6.45) is -10.1. The van der Waals surface area contributed by atoms with Crippen molar-refractivity contribution in [2.45, 2.75) is 12.4 Å². The van der Waals surface area contributed by atoms with E-state index in [-0.39, 0.29) is 10.9 Å². The SMILES string of the molecule is O=C(COc1cc(C(F)(F)F)cc(C(F)(F)F)c1)NNC(=O)c1cccs1. The van der Waals surface area contributed by atoms with Crippen LogP contribution in [-0.2, 0) is 17.1 Å². The van der Waals surface area contributed by atoms with Gasteiger partial charge in [-0.25, -0.2) is 0 Å². The van der Waals surface area contributed by atoms with E-state index in [0.29, 0.717) is 12.1 Å². The van der Waals surface area contributed by atoms with Gasteiger partial charge < -0.3 is 4.74 Å². The molecule has 2 rings (SSSR count). The maximum atomic E-state index is 12.7. The number of hydrogen-bond acceptors (Lipinski definition) is 4. The second-order valence-corrected chi connectivity index (χ2v) is 5.96. The number of hydrogen-bond donors (Lipinski definition) is 2. The molecule has 0 spiro atoms.